The lowest BCUT2D eigenvalue weighted by molar-refractivity contribution is -0.870. The number of rotatable bonds is 73. The maximum atomic E-state index is 12.9. The number of aliphatic carboxylic acids is 1. The molecule has 0 aromatic rings. The molecular formula is C82H149NO8. The number of allylic oxidation sites excluding steroid dienone is 12. The average Bonchev–Trinajstić information content (AvgIpc) is 3.46. The van der Waals surface area contributed by atoms with Gasteiger partial charge >= 0.3 is 11.9 Å². The fourth-order valence-corrected chi connectivity index (χ4v) is 11.5. The zero-order valence-electron chi connectivity index (χ0n) is 60.7. The highest BCUT2D eigenvalue weighted by atomic mass is 16.7. The van der Waals surface area contributed by atoms with Crippen LogP contribution in [0.4, 0.5) is 0 Å². The van der Waals surface area contributed by atoms with Gasteiger partial charge < -0.3 is 33.3 Å². The highest BCUT2D eigenvalue weighted by molar-refractivity contribution is 5.70. The van der Waals surface area contributed by atoms with Crippen LogP contribution in [0.2, 0.25) is 0 Å². The summed E-state index contributed by atoms with van der Waals surface area (Å²) in [6.07, 6.45) is 94.6. The molecule has 0 saturated heterocycles. The number of nitrogens with zero attached hydrogens (tertiary/aromatic N) is 1. The van der Waals surface area contributed by atoms with Crippen molar-refractivity contribution in [1.29, 1.82) is 0 Å². The molecule has 0 rings (SSSR count). The third kappa shape index (κ3) is 74.0. The summed E-state index contributed by atoms with van der Waals surface area (Å²) < 4.78 is 22.8. The lowest BCUT2D eigenvalue weighted by Crippen LogP contribution is -2.44. The van der Waals surface area contributed by atoms with Crippen LogP contribution >= 0.6 is 0 Å². The number of carboxylic acids is 1. The van der Waals surface area contributed by atoms with Gasteiger partial charge in [0, 0.05) is 12.8 Å². The van der Waals surface area contributed by atoms with Crippen LogP contribution in [0.5, 0.6) is 0 Å². The molecule has 0 N–H and O–H groups in total. The maximum Gasteiger partial charge on any atom is 0.306 e. The second kappa shape index (κ2) is 72.6. The Morgan fingerprint density at radius 3 is 0.934 bits per heavy atom. The van der Waals surface area contributed by atoms with E-state index in [9.17, 15) is 19.5 Å². The Morgan fingerprint density at radius 2 is 0.626 bits per heavy atom. The summed E-state index contributed by atoms with van der Waals surface area (Å²) in [5.41, 5.74) is 0. The fourth-order valence-electron chi connectivity index (χ4n) is 11.5. The van der Waals surface area contributed by atoms with Gasteiger partial charge in [0.05, 0.1) is 40.3 Å². The Morgan fingerprint density at radius 1 is 0.341 bits per heavy atom. The molecule has 0 spiro atoms. The summed E-state index contributed by atoms with van der Waals surface area (Å²) in [5, 5.41) is 11.8. The van der Waals surface area contributed by atoms with Gasteiger partial charge in [-0.15, -0.1) is 0 Å². The van der Waals surface area contributed by atoms with Crippen molar-refractivity contribution in [1.82, 2.24) is 0 Å². The molecule has 0 amide bonds. The van der Waals surface area contributed by atoms with Crippen molar-refractivity contribution < 1.29 is 42.9 Å². The number of likely N-dealkylation sites (N-methyl/N-ethyl adjacent to an activating group) is 1. The minimum Gasteiger partial charge on any atom is -0.545 e. The van der Waals surface area contributed by atoms with Crippen LogP contribution in [0.3, 0.4) is 0 Å². The molecule has 0 aromatic heterocycles. The number of carbonyl (C=O) groups is 3. The molecule has 0 heterocycles. The van der Waals surface area contributed by atoms with Crippen LogP contribution in [0, 0.1) is 0 Å². The number of quaternary nitrogens is 1. The molecule has 0 aromatic carbocycles. The van der Waals surface area contributed by atoms with Gasteiger partial charge in [0.25, 0.3) is 0 Å². The van der Waals surface area contributed by atoms with Crippen LogP contribution in [-0.4, -0.2) is 82.3 Å². The topological polar surface area (TPSA) is 111 Å². The van der Waals surface area contributed by atoms with Crippen molar-refractivity contribution in [3.8, 4) is 0 Å². The minimum absolute atomic E-state index is 0.147. The highest BCUT2D eigenvalue weighted by Crippen LogP contribution is 2.19. The van der Waals surface area contributed by atoms with E-state index in [-0.39, 0.29) is 32.2 Å². The van der Waals surface area contributed by atoms with Gasteiger partial charge in [0.1, 0.15) is 13.2 Å². The van der Waals surface area contributed by atoms with Gasteiger partial charge in [0.15, 0.2) is 12.4 Å². The second-order valence-corrected chi connectivity index (χ2v) is 27.6. The van der Waals surface area contributed by atoms with Gasteiger partial charge in [-0.25, -0.2) is 0 Å². The maximum absolute atomic E-state index is 12.9. The molecule has 0 aliphatic rings. The smallest absolute Gasteiger partial charge is 0.306 e. The van der Waals surface area contributed by atoms with Gasteiger partial charge in [-0.05, 0) is 83.5 Å². The molecule has 0 radical (unpaired) electrons. The summed E-state index contributed by atoms with van der Waals surface area (Å²) >= 11 is 0. The zero-order chi connectivity index (χ0) is 66.1. The largest absolute Gasteiger partial charge is 0.545 e. The van der Waals surface area contributed by atoms with Crippen LogP contribution in [-0.2, 0) is 33.3 Å². The average molecular weight is 1280 g/mol. The van der Waals surface area contributed by atoms with Gasteiger partial charge in [-0.3, -0.25) is 9.59 Å². The van der Waals surface area contributed by atoms with Crippen LogP contribution in [0.1, 0.15) is 373 Å². The van der Waals surface area contributed by atoms with Crippen LogP contribution in [0.25, 0.3) is 0 Å². The van der Waals surface area contributed by atoms with Crippen molar-refractivity contribution in [3.63, 3.8) is 0 Å². The molecule has 0 fully saturated rings. The molecular weight excluding hydrogens is 1130 g/mol. The SMILES string of the molecule is CC/C=C\C/C=C\C/C=C\C/C=C\CCCCCCCCCCCCCCC(=O)OC(COC(=O)CCCCCCCCCCCCCCCCCCCCCCCCCCCCCCC/C=C\C/C=C\CCCCCCC)COC(OCC[N+](C)(C)C)C(=O)[O-]. The number of unbranched alkanes of at least 4 members (excludes halogenated alkanes) is 46. The standard InChI is InChI=1S/C82H149NO8/c1-6-8-10-12-14-16-18-20-22-24-26-28-30-32-33-34-35-36-37-38-39-40-41-42-43-44-45-46-47-49-50-52-54-56-58-60-62-64-66-68-70-72-79(84)89-76-78(77-90-82(81(86)87)88-75-74-83(3,4)5)91-80(85)73-71-69-67-65-63-61-59-57-55-53-51-48-31-29-27-25-23-21-19-17-15-13-11-9-7-2/h9,11,15,17-18,20-21,23-24,26-27,29,78,82H,6-8,10,12-14,16,19,22,25,28,30-77H2,1-5H3/b11-9-,17-15-,20-18-,23-21-,26-24-,29-27-. The lowest BCUT2D eigenvalue weighted by atomic mass is 10.0. The van der Waals surface area contributed by atoms with Gasteiger partial charge in [-0.2, -0.15) is 0 Å². The molecule has 0 aliphatic carbocycles. The molecule has 530 valence electrons. The van der Waals surface area contributed by atoms with E-state index in [1.54, 1.807) is 0 Å². The van der Waals surface area contributed by atoms with E-state index in [1.165, 1.54) is 270 Å². The second-order valence-electron chi connectivity index (χ2n) is 27.6. The zero-order valence-corrected chi connectivity index (χ0v) is 60.7. The van der Waals surface area contributed by atoms with E-state index < -0.39 is 24.3 Å². The molecule has 9 nitrogen and oxygen atoms in total. The first kappa shape index (κ1) is 87.7. The van der Waals surface area contributed by atoms with Crippen LogP contribution < -0.4 is 5.11 Å². The Bertz CT molecular complexity index is 1730. The summed E-state index contributed by atoms with van der Waals surface area (Å²) in [4.78, 5) is 37.6. The first-order valence-electron chi connectivity index (χ1n) is 39.1. The summed E-state index contributed by atoms with van der Waals surface area (Å²) in [6.45, 7) is 4.67. The predicted molar refractivity (Wildman–Crippen MR) is 389 cm³/mol. The lowest BCUT2D eigenvalue weighted by Gasteiger charge is -2.26. The predicted octanol–water partition coefficient (Wildman–Crippen LogP) is 23.5. The number of hydrogen-bond acceptors (Lipinski definition) is 8. The number of esters is 2. The van der Waals surface area contributed by atoms with Crippen LogP contribution in [0.15, 0.2) is 72.9 Å². The third-order valence-corrected chi connectivity index (χ3v) is 17.4. The molecule has 0 aliphatic heterocycles. The van der Waals surface area contributed by atoms with Crippen molar-refractivity contribution in [2.24, 2.45) is 0 Å². The highest BCUT2D eigenvalue weighted by Gasteiger charge is 2.22. The molecule has 91 heavy (non-hydrogen) atoms. The van der Waals surface area contributed by atoms with Crippen molar-refractivity contribution in [2.45, 2.75) is 386 Å². The molecule has 9 heteroatoms. The summed E-state index contributed by atoms with van der Waals surface area (Å²) in [6, 6.07) is 0. The van der Waals surface area contributed by atoms with E-state index in [0.717, 1.165) is 70.6 Å². The first-order valence-corrected chi connectivity index (χ1v) is 39.1. The normalized spacial score (nSPS) is 13.0. The molecule has 2 unspecified atom stereocenters. The quantitative estimate of drug-likeness (QED) is 0.0195. The van der Waals surface area contributed by atoms with E-state index in [0.29, 0.717) is 23.9 Å². The minimum atomic E-state index is -1.62. The number of ether oxygens (including phenoxy) is 4. The van der Waals surface area contributed by atoms with Crippen molar-refractivity contribution in [3.05, 3.63) is 72.9 Å². The summed E-state index contributed by atoms with van der Waals surface area (Å²) in [5.74, 6) is -2.26. The van der Waals surface area contributed by atoms with E-state index in [2.05, 4.69) is 86.8 Å². The van der Waals surface area contributed by atoms with E-state index >= 15 is 0 Å². The molecule has 0 bridgehead atoms. The fraction of sp³-hybridized carbons (Fsp3) is 0.817. The monoisotopic (exact) mass is 1280 g/mol. The van der Waals surface area contributed by atoms with E-state index in [4.69, 9.17) is 18.9 Å². The first-order chi connectivity index (χ1) is 44.6. The Hall–Kier alpha value is -3.27. The third-order valence-electron chi connectivity index (χ3n) is 17.4. The molecule has 0 saturated carbocycles. The van der Waals surface area contributed by atoms with E-state index in [1.807, 2.05) is 21.1 Å². The summed E-state index contributed by atoms with van der Waals surface area (Å²) in [7, 11) is 5.94. The van der Waals surface area contributed by atoms with Crippen molar-refractivity contribution in [2.75, 3.05) is 47.5 Å². The Balaban J connectivity index is 3.94. The molecule has 2 atom stereocenters. The Kier molecular flexibility index (Phi) is 69.9. The van der Waals surface area contributed by atoms with Gasteiger partial charge in [-0.1, -0.05) is 350 Å². The van der Waals surface area contributed by atoms with Gasteiger partial charge in [0.2, 0.25) is 0 Å². The number of carbonyl (C=O) groups excluding carboxylic acids is 3. The Labute approximate surface area is 564 Å². The number of hydrogen-bond donors (Lipinski definition) is 0. The number of carboxylic acid groups (broad SMARTS) is 1. The van der Waals surface area contributed by atoms with Crippen molar-refractivity contribution >= 4 is 17.9 Å².